The average Bonchev–Trinajstić information content (AvgIpc) is 2.39. The molecule has 2 aromatic rings. The van der Waals surface area contributed by atoms with Gasteiger partial charge in [-0.25, -0.2) is 13.2 Å². The van der Waals surface area contributed by atoms with Crippen LogP contribution in [-0.2, 0) is 6.42 Å². The molecular weight excluding hydrogens is 287 g/mol. The Kier molecular flexibility index (Phi) is 4.68. The first-order chi connectivity index (χ1) is 9.51. The second-order valence-electron chi connectivity index (χ2n) is 4.46. The summed E-state index contributed by atoms with van der Waals surface area (Å²) in [4.78, 5) is 0. The lowest BCUT2D eigenvalue weighted by Gasteiger charge is -2.17. The van der Waals surface area contributed by atoms with Crippen LogP contribution < -0.4 is 5.32 Å². The highest BCUT2D eigenvalue weighted by molar-refractivity contribution is 6.30. The molecule has 106 valence electrons. The standard InChI is InChI=1S/C15H13ClF3N/c1-20-14(10-5-11(17)8-12(18)6-10)7-9-3-2-4-13(16)15(9)19/h2-6,8,14,20H,7H2,1H3. The maximum absolute atomic E-state index is 13.9. The molecular formula is C15H13ClF3N. The van der Waals surface area contributed by atoms with Crippen LogP contribution in [0.15, 0.2) is 36.4 Å². The van der Waals surface area contributed by atoms with Gasteiger partial charge in [-0.3, -0.25) is 0 Å². The molecule has 2 rings (SSSR count). The lowest BCUT2D eigenvalue weighted by molar-refractivity contribution is 0.537. The van der Waals surface area contributed by atoms with E-state index in [9.17, 15) is 13.2 Å². The summed E-state index contributed by atoms with van der Waals surface area (Å²) >= 11 is 5.72. The Morgan fingerprint density at radius 1 is 1.10 bits per heavy atom. The topological polar surface area (TPSA) is 12.0 Å². The van der Waals surface area contributed by atoms with Gasteiger partial charge in [0, 0.05) is 12.1 Å². The molecule has 5 heteroatoms. The van der Waals surface area contributed by atoms with E-state index in [2.05, 4.69) is 5.32 Å². The first kappa shape index (κ1) is 14.9. The van der Waals surface area contributed by atoms with Crippen LogP contribution in [-0.4, -0.2) is 7.05 Å². The second kappa shape index (κ2) is 6.29. The normalized spacial score (nSPS) is 12.4. The minimum Gasteiger partial charge on any atom is -0.313 e. The number of hydrogen-bond acceptors (Lipinski definition) is 1. The summed E-state index contributed by atoms with van der Waals surface area (Å²) in [5, 5.41) is 2.96. The Hall–Kier alpha value is -1.52. The summed E-state index contributed by atoms with van der Waals surface area (Å²) in [6.45, 7) is 0. The van der Waals surface area contributed by atoms with Crippen LogP contribution in [0.3, 0.4) is 0 Å². The predicted molar refractivity (Wildman–Crippen MR) is 73.3 cm³/mol. The summed E-state index contributed by atoms with van der Waals surface area (Å²) in [6.07, 6.45) is 0.242. The molecule has 0 amide bonds. The number of likely N-dealkylation sites (N-methyl/N-ethyl adjacent to an activating group) is 1. The van der Waals surface area contributed by atoms with Gasteiger partial charge in [-0.15, -0.1) is 0 Å². The average molecular weight is 300 g/mol. The summed E-state index contributed by atoms with van der Waals surface area (Å²) < 4.78 is 40.4. The largest absolute Gasteiger partial charge is 0.313 e. The summed E-state index contributed by atoms with van der Waals surface area (Å²) in [7, 11) is 1.65. The highest BCUT2D eigenvalue weighted by atomic mass is 35.5. The number of halogens is 4. The maximum Gasteiger partial charge on any atom is 0.145 e. The Labute approximate surface area is 120 Å². The van der Waals surface area contributed by atoms with E-state index in [0.717, 1.165) is 6.07 Å². The van der Waals surface area contributed by atoms with Gasteiger partial charge in [0.05, 0.1) is 5.02 Å². The van der Waals surface area contributed by atoms with Crippen molar-refractivity contribution in [2.75, 3.05) is 7.05 Å². The van der Waals surface area contributed by atoms with E-state index in [1.54, 1.807) is 19.2 Å². The van der Waals surface area contributed by atoms with Gasteiger partial charge >= 0.3 is 0 Å². The van der Waals surface area contributed by atoms with Crippen molar-refractivity contribution >= 4 is 11.6 Å². The van der Waals surface area contributed by atoms with Crippen LogP contribution in [0.4, 0.5) is 13.2 Å². The SMILES string of the molecule is CNC(Cc1cccc(Cl)c1F)c1cc(F)cc(F)c1. The lowest BCUT2D eigenvalue weighted by atomic mass is 9.98. The first-order valence-corrected chi connectivity index (χ1v) is 6.45. The first-order valence-electron chi connectivity index (χ1n) is 6.07. The van der Waals surface area contributed by atoms with Crippen LogP contribution in [0, 0.1) is 17.5 Å². The summed E-state index contributed by atoms with van der Waals surface area (Å²) in [6, 6.07) is 7.54. The molecule has 0 saturated carbocycles. The smallest absolute Gasteiger partial charge is 0.145 e. The molecule has 1 atom stereocenters. The van der Waals surface area contributed by atoms with Crippen molar-refractivity contribution in [3.8, 4) is 0 Å². The van der Waals surface area contributed by atoms with Crippen LogP contribution in [0.5, 0.6) is 0 Å². The molecule has 0 heterocycles. The molecule has 0 bridgehead atoms. The highest BCUT2D eigenvalue weighted by Crippen LogP contribution is 2.24. The maximum atomic E-state index is 13.9. The zero-order valence-corrected chi connectivity index (χ0v) is 11.5. The van der Waals surface area contributed by atoms with E-state index in [1.165, 1.54) is 18.2 Å². The van der Waals surface area contributed by atoms with Crippen molar-refractivity contribution in [2.24, 2.45) is 0 Å². The Balaban J connectivity index is 2.31. The Morgan fingerprint density at radius 2 is 1.75 bits per heavy atom. The van der Waals surface area contributed by atoms with Crippen molar-refractivity contribution in [3.63, 3.8) is 0 Å². The van der Waals surface area contributed by atoms with Crippen molar-refractivity contribution in [2.45, 2.75) is 12.5 Å². The fraction of sp³-hybridized carbons (Fsp3) is 0.200. The molecule has 0 spiro atoms. The molecule has 1 N–H and O–H groups in total. The third kappa shape index (κ3) is 3.32. The molecule has 1 unspecified atom stereocenters. The van der Waals surface area contributed by atoms with Crippen molar-refractivity contribution in [1.29, 1.82) is 0 Å². The molecule has 2 aromatic carbocycles. The van der Waals surface area contributed by atoms with E-state index < -0.39 is 23.5 Å². The molecule has 0 aliphatic heterocycles. The van der Waals surface area contributed by atoms with Crippen LogP contribution in [0.1, 0.15) is 17.2 Å². The monoisotopic (exact) mass is 299 g/mol. The summed E-state index contributed by atoms with van der Waals surface area (Å²) in [5.41, 5.74) is 0.811. The Morgan fingerprint density at radius 3 is 2.35 bits per heavy atom. The number of benzene rings is 2. The molecule has 1 nitrogen and oxygen atoms in total. The third-order valence-electron chi connectivity index (χ3n) is 3.09. The zero-order valence-electron chi connectivity index (χ0n) is 10.8. The molecule has 0 fully saturated rings. The van der Waals surface area contributed by atoms with Gasteiger partial charge < -0.3 is 5.32 Å². The molecule has 0 aliphatic rings. The number of nitrogens with one attached hydrogen (secondary N) is 1. The molecule has 0 radical (unpaired) electrons. The number of hydrogen-bond donors (Lipinski definition) is 1. The van der Waals surface area contributed by atoms with E-state index in [0.29, 0.717) is 11.1 Å². The van der Waals surface area contributed by atoms with Crippen LogP contribution >= 0.6 is 11.6 Å². The van der Waals surface area contributed by atoms with Gasteiger partial charge in [0.15, 0.2) is 0 Å². The fourth-order valence-corrected chi connectivity index (χ4v) is 2.28. The predicted octanol–water partition coefficient (Wildman–Crippen LogP) is 4.26. The quantitative estimate of drug-likeness (QED) is 0.889. The van der Waals surface area contributed by atoms with Gasteiger partial charge in [0.2, 0.25) is 0 Å². The van der Waals surface area contributed by atoms with Crippen molar-refractivity contribution in [1.82, 2.24) is 5.32 Å². The van der Waals surface area contributed by atoms with Crippen molar-refractivity contribution < 1.29 is 13.2 Å². The lowest BCUT2D eigenvalue weighted by Crippen LogP contribution is -2.19. The molecule has 0 aliphatic carbocycles. The van der Waals surface area contributed by atoms with E-state index in [1.807, 2.05) is 0 Å². The minimum atomic E-state index is -0.660. The van der Waals surface area contributed by atoms with Gasteiger partial charge in [0.1, 0.15) is 17.5 Å². The molecule has 20 heavy (non-hydrogen) atoms. The van der Waals surface area contributed by atoms with Crippen LogP contribution in [0.2, 0.25) is 5.02 Å². The van der Waals surface area contributed by atoms with Gasteiger partial charge in [-0.2, -0.15) is 0 Å². The zero-order chi connectivity index (χ0) is 14.7. The molecule has 0 saturated heterocycles. The van der Waals surface area contributed by atoms with Crippen LogP contribution in [0.25, 0.3) is 0 Å². The van der Waals surface area contributed by atoms with E-state index in [-0.39, 0.29) is 11.4 Å². The third-order valence-corrected chi connectivity index (χ3v) is 3.38. The highest BCUT2D eigenvalue weighted by Gasteiger charge is 2.16. The minimum absolute atomic E-state index is 0.0303. The van der Waals surface area contributed by atoms with E-state index >= 15 is 0 Å². The fourth-order valence-electron chi connectivity index (χ4n) is 2.09. The Bertz CT molecular complexity index is 596. The van der Waals surface area contributed by atoms with Gasteiger partial charge in [-0.1, -0.05) is 23.7 Å². The number of rotatable bonds is 4. The van der Waals surface area contributed by atoms with E-state index in [4.69, 9.17) is 11.6 Å². The summed E-state index contributed by atoms with van der Waals surface area (Å²) in [5.74, 6) is -1.83. The molecule has 0 aromatic heterocycles. The van der Waals surface area contributed by atoms with Crippen molar-refractivity contribution in [3.05, 3.63) is 70.0 Å². The second-order valence-corrected chi connectivity index (χ2v) is 4.87. The van der Waals surface area contributed by atoms with Gasteiger partial charge in [-0.05, 0) is 42.8 Å². The van der Waals surface area contributed by atoms with Gasteiger partial charge in [0.25, 0.3) is 0 Å².